The van der Waals surface area contributed by atoms with Crippen molar-refractivity contribution in [1.29, 1.82) is 0 Å². The van der Waals surface area contributed by atoms with E-state index in [0.29, 0.717) is 12.6 Å². The van der Waals surface area contributed by atoms with E-state index in [1.165, 1.54) is 12.8 Å². The van der Waals surface area contributed by atoms with Crippen molar-refractivity contribution in [2.45, 2.75) is 38.4 Å². The highest BCUT2D eigenvalue weighted by atomic mass is 35.5. The Hall–Kier alpha value is -0.780. The van der Waals surface area contributed by atoms with Crippen LogP contribution in [0.1, 0.15) is 25.3 Å². The molecule has 0 bridgehead atoms. The number of benzene rings is 1. The molecule has 0 radical (unpaired) electrons. The fourth-order valence-electron chi connectivity index (χ4n) is 2.88. The van der Waals surface area contributed by atoms with Crippen LogP contribution in [0.15, 0.2) is 18.2 Å². The minimum atomic E-state index is -2.90. The van der Waals surface area contributed by atoms with Crippen LogP contribution in [0.25, 0.3) is 0 Å². The largest absolute Gasteiger partial charge is 0.366 e. The molecule has 1 unspecified atom stereocenters. The maximum absolute atomic E-state index is 11.7. The summed E-state index contributed by atoms with van der Waals surface area (Å²) in [4.78, 5) is 2.18. The molecule has 21 heavy (non-hydrogen) atoms. The smallest absolute Gasteiger partial charge is 0.154 e. The van der Waals surface area contributed by atoms with Crippen molar-refractivity contribution in [3.8, 4) is 0 Å². The third-order valence-corrected chi connectivity index (χ3v) is 6.37. The van der Waals surface area contributed by atoms with E-state index in [0.717, 1.165) is 22.8 Å². The van der Waals surface area contributed by atoms with Gasteiger partial charge >= 0.3 is 0 Å². The van der Waals surface area contributed by atoms with Crippen LogP contribution in [-0.2, 0) is 16.4 Å². The van der Waals surface area contributed by atoms with Gasteiger partial charge in [-0.25, -0.2) is 8.42 Å². The summed E-state index contributed by atoms with van der Waals surface area (Å²) in [5.41, 5.74) is 2.15. The molecule has 1 atom stereocenters. The van der Waals surface area contributed by atoms with Gasteiger partial charge in [0, 0.05) is 41.4 Å². The van der Waals surface area contributed by atoms with Crippen LogP contribution in [0.3, 0.4) is 0 Å². The van der Waals surface area contributed by atoms with Crippen molar-refractivity contribution in [1.82, 2.24) is 5.32 Å². The first kappa shape index (κ1) is 15.1. The molecule has 2 aliphatic rings. The average Bonchev–Trinajstić information content (AvgIpc) is 3.20. The number of rotatable bonds is 4. The van der Waals surface area contributed by atoms with Crippen LogP contribution in [0, 0.1) is 0 Å². The fraction of sp³-hybridized carbons (Fsp3) is 0.600. The molecule has 0 spiro atoms. The second-order valence-electron chi connectivity index (χ2n) is 6.05. The van der Waals surface area contributed by atoms with Crippen LogP contribution >= 0.6 is 11.6 Å². The first-order valence-electron chi connectivity index (χ1n) is 7.44. The summed E-state index contributed by atoms with van der Waals surface area (Å²) < 4.78 is 23.5. The second-order valence-corrected chi connectivity index (χ2v) is 8.69. The van der Waals surface area contributed by atoms with Crippen molar-refractivity contribution in [2.24, 2.45) is 0 Å². The van der Waals surface area contributed by atoms with Crippen molar-refractivity contribution in [3.63, 3.8) is 0 Å². The van der Waals surface area contributed by atoms with Gasteiger partial charge in [0.15, 0.2) is 9.84 Å². The Morgan fingerprint density at radius 3 is 2.81 bits per heavy atom. The molecule has 4 nitrogen and oxygen atoms in total. The molecule has 1 aliphatic heterocycles. The minimum absolute atomic E-state index is 0.0121. The lowest BCUT2D eigenvalue weighted by Crippen LogP contribution is -2.47. The Morgan fingerprint density at radius 1 is 1.38 bits per heavy atom. The van der Waals surface area contributed by atoms with Crippen molar-refractivity contribution in [2.75, 3.05) is 23.0 Å². The molecule has 2 fully saturated rings. The van der Waals surface area contributed by atoms with E-state index in [1.54, 1.807) is 0 Å². The molecule has 1 aliphatic carbocycles. The first-order chi connectivity index (χ1) is 9.96. The number of hydrogen-bond donors (Lipinski definition) is 1. The zero-order chi connectivity index (χ0) is 15.0. The molecule has 0 amide bonds. The highest BCUT2D eigenvalue weighted by Gasteiger charge is 2.30. The van der Waals surface area contributed by atoms with Gasteiger partial charge in [-0.15, -0.1) is 0 Å². The Labute approximate surface area is 131 Å². The van der Waals surface area contributed by atoms with E-state index in [-0.39, 0.29) is 17.5 Å². The monoisotopic (exact) mass is 328 g/mol. The highest BCUT2D eigenvalue weighted by Crippen LogP contribution is 2.31. The molecule has 0 aromatic heterocycles. The summed E-state index contributed by atoms with van der Waals surface area (Å²) in [7, 11) is -2.90. The summed E-state index contributed by atoms with van der Waals surface area (Å²) in [5.74, 6) is 0.439. The molecule has 6 heteroatoms. The Kier molecular flexibility index (Phi) is 4.17. The van der Waals surface area contributed by atoms with Crippen molar-refractivity contribution < 1.29 is 8.42 Å². The molecule has 1 saturated carbocycles. The van der Waals surface area contributed by atoms with E-state index < -0.39 is 9.84 Å². The van der Waals surface area contributed by atoms with Gasteiger partial charge in [-0.3, -0.25) is 0 Å². The average molecular weight is 329 g/mol. The third kappa shape index (κ3) is 3.52. The third-order valence-electron chi connectivity index (χ3n) is 4.22. The van der Waals surface area contributed by atoms with E-state index in [2.05, 4.69) is 10.2 Å². The van der Waals surface area contributed by atoms with E-state index in [4.69, 9.17) is 11.6 Å². The maximum Gasteiger partial charge on any atom is 0.154 e. The van der Waals surface area contributed by atoms with Crippen LogP contribution < -0.4 is 10.2 Å². The SMILES string of the molecule is CC1CS(=O)(=O)CCN1c1cccc(Cl)c1CNC1CC1. The normalized spacial score (nSPS) is 25.0. The molecule has 1 N–H and O–H groups in total. The van der Waals surface area contributed by atoms with Gasteiger partial charge in [0.1, 0.15) is 0 Å². The maximum atomic E-state index is 11.7. The summed E-state index contributed by atoms with van der Waals surface area (Å²) >= 11 is 6.37. The summed E-state index contributed by atoms with van der Waals surface area (Å²) in [6.45, 7) is 3.26. The van der Waals surface area contributed by atoms with Crippen LogP contribution in [0.5, 0.6) is 0 Å². The number of hydrogen-bond acceptors (Lipinski definition) is 4. The standard InChI is InChI=1S/C15H21ClN2O2S/c1-11-10-21(19,20)8-7-18(11)15-4-2-3-14(16)13(15)9-17-12-5-6-12/h2-4,11-12,17H,5-10H2,1H3. The van der Waals surface area contributed by atoms with E-state index in [1.807, 2.05) is 25.1 Å². The molecule has 3 rings (SSSR count). The Balaban J connectivity index is 1.85. The lowest BCUT2D eigenvalue weighted by molar-refractivity contribution is 0.567. The topological polar surface area (TPSA) is 49.4 Å². The lowest BCUT2D eigenvalue weighted by Gasteiger charge is -2.36. The molecule has 1 aromatic carbocycles. The minimum Gasteiger partial charge on any atom is -0.366 e. The van der Waals surface area contributed by atoms with Gasteiger partial charge in [0.05, 0.1) is 11.5 Å². The van der Waals surface area contributed by atoms with Crippen LogP contribution in [-0.4, -0.2) is 38.6 Å². The first-order valence-corrected chi connectivity index (χ1v) is 9.64. The number of sulfone groups is 1. The summed E-state index contributed by atoms with van der Waals surface area (Å²) in [6.07, 6.45) is 2.47. The number of nitrogens with one attached hydrogen (secondary N) is 1. The second kappa shape index (κ2) is 5.78. The van der Waals surface area contributed by atoms with Gasteiger partial charge in [0.2, 0.25) is 0 Å². The van der Waals surface area contributed by atoms with Gasteiger partial charge in [-0.2, -0.15) is 0 Å². The number of nitrogens with zero attached hydrogens (tertiary/aromatic N) is 1. The fourth-order valence-corrected chi connectivity index (χ4v) is 4.67. The number of anilines is 1. The van der Waals surface area contributed by atoms with Gasteiger partial charge in [-0.05, 0) is 31.9 Å². The summed E-state index contributed by atoms with van der Waals surface area (Å²) in [6, 6.07) is 6.49. The van der Waals surface area contributed by atoms with Crippen LogP contribution in [0.4, 0.5) is 5.69 Å². The summed E-state index contributed by atoms with van der Waals surface area (Å²) in [5, 5.41) is 4.25. The molecular formula is C15H21ClN2O2S. The highest BCUT2D eigenvalue weighted by molar-refractivity contribution is 7.91. The molecular weight excluding hydrogens is 308 g/mol. The Morgan fingerprint density at radius 2 is 2.14 bits per heavy atom. The molecule has 1 saturated heterocycles. The Bertz CT molecular complexity index is 629. The predicted octanol–water partition coefficient (Wildman–Crippen LogP) is 2.22. The van der Waals surface area contributed by atoms with Crippen molar-refractivity contribution in [3.05, 3.63) is 28.8 Å². The zero-order valence-electron chi connectivity index (χ0n) is 12.2. The van der Waals surface area contributed by atoms with Crippen LogP contribution in [0.2, 0.25) is 5.02 Å². The lowest BCUT2D eigenvalue weighted by atomic mass is 10.1. The number of halogens is 1. The zero-order valence-corrected chi connectivity index (χ0v) is 13.8. The van der Waals surface area contributed by atoms with E-state index in [9.17, 15) is 8.42 Å². The van der Waals surface area contributed by atoms with Gasteiger partial charge in [0.25, 0.3) is 0 Å². The van der Waals surface area contributed by atoms with Gasteiger partial charge in [-0.1, -0.05) is 17.7 Å². The van der Waals surface area contributed by atoms with E-state index >= 15 is 0 Å². The quantitative estimate of drug-likeness (QED) is 0.920. The molecule has 1 heterocycles. The predicted molar refractivity (Wildman–Crippen MR) is 86.8 cm³/mol. The molecule has 116 valence electrons. The van der Waals surface area contributed by atoms with Gasteiger partial charge < -0.3 is 10.2 Å². The molecule has 1 aromatic rings. The van der Waals surface area contributed by atoms with Crippen molar-refractivity contribution >= 4 is 27.1 Å².